The molecule has 1 aliphatic rings. The van der Waals surface area contributed by atoms with Gasteiger partial charge in [0.2, 0.25) is 5.88 Å². The molecule has 6 N–H and O–H groups in total. The standard InChI is InChI=1S/C21H25N5O2/c1-13-14(2)26-28-21(13)25-20(27)18(22)10-11-19(23)24-12-16-8-5-7-15-6-3-4-9-17(15)16/h3-4,6,8-11,24H,5,7,12,22-23H2,1-2H3,(H,25,27)/b18-10-,19-11+. The van der Waals surface area contributed by atoms with Crippen LogP contribution in [0.3, 0.4) is 0 Å². The minimum Gasteiger partial charge on any atom is -0.394 e. The van der Waals surface area contributed by atoms with Crippen LogP contribution in [0.4, 0.5) is 5.88 Å². The number of nitrogens with one attached hydrogen (secondary N) is 2. The molecule has 2 aromatic rings. The molecule has 1 aromatic carbocycles. The van der Waals surface area contributed by atoms with Crippen molar-refractivity contribution in [1.82, 2.24) is 10.5 Å². The van der Waals surface area contributed by atoms with E-state index in [4.69, 9.17) is 16.0 Å². The monoisotopic (exact) mass is 379 g/mol. The summed E-state index contributed by atoms with van der Waals surface area (Å²) in [6.45, 7) is 4.21. The van der Waals surface area contributed by atoms with E-state index in [0.29, 0.717) is 18.1 Å². The SMILES string of the molecule is Cc1noc(NC(=O)/C(N)=C/C=C(\N)NCC2=CCCc3ccccc32)c1C. The minimum atomic E-state index is -0.479. The van der Waals surface area contributed by atoms with Crippen LogP contribution in [0, 0.1) is 13.8 Å². The van der Waals surface area contributed by atoms with Gasteiger partial charge in [-0.25, -0.2) is 0 Å². The number of hydrogen-bond donors (Lipinski definition) is 4. The molecule has 0 atom stereocenters. The Bertz CT molecular complexity index is 969. The molecule has 0 fully saturated rings. The van der Waals surface area contributed by atoms with Gasteiger partial charge in [0.05, 0.1) is 17.2 Å². The fraction of sp³-hybridized carbons (Fsp3) is 0.238. The van der Waals surface area contributed by atoms with Crippen LogP contribution < -0.4 is 22.1 Å². The third kappa shape index (κ3) is 4.43. The molecule has 0 saturated heterocycles. The molecule has 1 aromatic heterocycles. The lowest BCUT2D eigenvalue weighted by Crippen LogP contribution is -2.23. The van der Waals surface area contributed by atoms with Crippen LogP contribution in [0.25, 0.3) is 5.57 Å². The number of allylic oxidation sites excluding steroid dienone is 3. The van der Waals surface area contributed by atoms with Gasteiger partial charge in [0.25, 0.3) is 5.91 Å². The lowest BCUT2D eigenvalue weighted by molar-refractivity contribution is -0.113. The highest BCUT2D eigenvalue weighted by Crippen LogP contribution is 2.25. The fourth-order valence-electron chi connectivity index (χ4n) is 2.95. The maximum atomic E-state index is 12.1. The Morgan fingerprint density at radius 1 is 1.25 bits per heavy atom. The second-order valence-corrected chi connectivity index (χ2v) is 6.70. The number of amides is 1. The molecule has 0 saturated carbocycles. The van der Waals surface area contributed by atoms with Gasteiger partial charge in [-0.2, -0.15) is 0 Å². The van der Waals surface area contributed by atoms with Gasteiger partial charge in [0, 0.05) is 12.1 Å². The molecule has 1 heterocycles. The third-order valence-corrected chi connectivity index (χ3v) is 4.74. The van der Waals surface area contributed by atoms with Crippen LogP contribution in [0.15, 0.2) is 58.5 Å². The third-order valence-electron chi connectivity index (χ3n) is 4.74. The summed E-state index contributed by atoms with van der Waals surface area (Å²) in [6, 6.07) is 8.37. The quantitative estimate of drug-likeness (QED) is 0.452. The molecule has 0 bridgehead atoms. The van der Waals surface area contributed by atoms with E-state index < -0.39 is 5.91 Å². The molecule has 7 nitrogen and oxygen atoms in total. The molecule has 3 rings (SSSR count). The number of anilines is 1. The summed E-state index contributed by atoms with van der Waals surface area (Å²) >= 11 is 0. The topological polar surface area (TPSA) is 119 Å². The molecule has 28 heavy (non-hydrogen) atoms. The molecule has 0 spiro atoms. The summed E-state index contributed by atoms with van der Waals surface area (Å²) < 4.78 is 5.05. The first kappa shape index (κ1) is 19.3. The van der Waals surface area contributed by atoms with Gasteiger partial charge in [-0.3, -0.25) is 10.1 Å². The molecule has 146 valence electrons. The smallest absolute Gasteiger partial charge is 0.273 e. The Labute approximate surface area is 164 Å². The number of nitrogens with zero attached hydrogens (tertiary/aromatic N) is 1. The van der Waals surface area contributed by atoms with E-state index in [-0.39, 0.29) is 11.6 Å². The van der Waals surface area contributed by atoms with Crippen LogP contribution >= 0.6 is 0 Å². The predicted molar refractivity (Wildman–Crippen MR) is 110 cm³/mol. The van der Waals surface area contributed by atoms with Crippen molar-refractivity contribution in [2.24, 2.45) is 11.5 Å². The Hall–Kier alpha value is -3.48. The van der Waals surface area contributed by atoms with Crippen LogP contribution in [0.2, 0.25) is 0 Å². The zero-order chi connectivity index (χ0) is 20.1. The second kappa shape index (κ2) is 8.47. The van der Waals surface area contributed by atoms with Gasteiger partial charge < -0.3 is 21.3 Å². The first-order valence-corrected chi connectivity index (χ1v) is 9.14. The molecule has 0 unspecified atom stereocenters. The van der Waals surface area contributed by atoms with Gasteiger partial charge in [-0.15, -0.1) is 0 Å². The Balaban J connectivity index is 1.58. The highest BCUT2D eigenvalue weighted by atomic mass is 16.5. The van der Waals surface area contributed by atoms with Crippen LogP contribution in [-0.2, 0) is 11.2 Å². The van der Waals surface area contributed by atoms with E-state index in [0.717, 1.165) is 18.4 Å². The molecule has 0 aliphatic heterocycles. The number of fused-ring (bicyclic) bond motifs is 1. The lowest BCUT2D eigenvalue weighted by atomic mass is 9.91. The van der Waals surface area contributed by atoms with Crippen molar-refractivity contribution in [2.75, 3.05) is 11.9 Å². The highest BCUT2D eigenvalue weighted by molar-refractivity contribution is 6.02. The van der Waals surface area contributed by atoms with Crippen LogP contribution in [-0.4, -0.2) is 17.6 Å². The average molecular weight is 379 g/mol. The van der Waals surface area contributed by atoms with Gasteiger partial charge >= 0.3 is 0 Å². The van der Waals surface area contributed by atoms with E-state index in [9.17, 15) is 4.79 Å². The predicted octanol–water partition coefficient (Wildman–Crippen LogP) is 2.49. The zero-order valence-electron chi connectivity index (χ0n) is 16.1. The van der Waals surface area contributed by atoms with Crippen LogP contribution in [0.5, 0.6) is 0 Å². The summed E-state index contributed by atoms with van der Waals surface area (Å²) in [7, 11) is 0. The Morgan fingerprint density at radius 2 is 2.04 bits per heavy atom. The first-order valence-electron chi connectivity index (χ1n) is 9.14. The second-order valence-electron chi connectivity index (χ2n) is 6.70. The Kier molecular flexibility index (Phi) is 5.84. The summed E-state index contributed by atoms with van der Waals surface area (Å²) in [4.78, 5) is 12.1. The van der Waals surface area contributed by atoms with E-state index >= 15 is 0 Å². The molecule has 7 heteroatoms. The van der Waals surface area contributed by atoms with Crippen molar-refractivity contribution in [3.63, 3.8) is 0 Å². The molecule has 1 aliphatic carbocycles. The van der Waals surface area contributed by atoms with Crippen molar-refractivity contribution in [3.05, 3.63) is 76.4 Å². The number of aromatic nitrogens is 1. The summed E-state index contributed by atoms with van der Waals surface area (Å²) in [6.07, 6.45) is 7.33. The van der Waals surface area contributed by atoms with E-state index in [1.54, 1.807) is 19.9 Å². The number of benzene rings is 1. The molecule has 1 amide bonds. The van der Waals surface area contributed by atoms with Gasteiger partial charge in [0.1, 0.15) is 0 Å². The summed E-state index contributed by atoms with van der Waals surface area (Å²) in [5.41, 5.74) is 17.1. The number of rotatable bonds is 6. The molecular formula is C21H25N5O2. The lowest BCUT2D eigenvalue weighted by Gasteiger charge is -2.18. The summed E-state index contributed by atoms with van der Waals surface area (Å²) in [5.74, 6) is 0.232. The van der Waals surface area contributed by atoms with Crippen molar-refractivity contribution in [1.29, 1.82) is 0 Å². The maximum Gasteiger partial charge on any atom is 0.273 e. The molecule has 0 radical (unpaired) electrons. The number of carbonyl (C=O) groups is 1. The number of hydrogen-bond acceptors (Lipinski definition) is 6. The largest absolute Gasteiger partial charge is 0.394 e. The summed E-state index contributed by atoms with van der Waals surface area (Å²) in [5, 5.41) is 9.54. The Morgan fingerprint density at radius 3 is 2.79 bits per heavy atom. The van der Waals surface area contributed by atoms with Gasteiger partial charge in [0.15, 0.2) is 0 Å². The van der Waals surface area contributed by atoms with E-state index in [2.05, 4.69) is 40.1 Å². The number of aryl methyl sites for hydroxylation is 2. The number of carbonyl (C=O) groups excluding carboxylic acids is 1. The maximum absolute atomic E-state index is 12.1. The van der Waals surface area contributed by atoms with Crippen molar-refractivity contribution < 1.29 is 9.32 Å². The van der Waals surface area contributed by atoms with Gasteiger partial charge in [-0.05, 0) is 55.5 Å². The first-order chi connectivity index (χ1) is 13.5. The van der Waals surface area contributed by atoms with E-state index in [1.807, 2.05) is 6.07 Å². The van der Waals surface area contributed by atoms with Crippen molar-refractivity contribution in [2.45, 2.75) is 26.7 Å². The van der Waals surface area contributed by atoms with Crippen molar-refractivity contribution >= 4 is 17.4 Å². The molecular weight excluding hydrogens is 354 g/mol. The number of nitrogens with two attached hydrogens (primary N) is 2. The van der Waals surface area contributed by atoms with E-state index in [1.165, 1.54) is 22.8 Å². The fourth-order valence-corrected chi connectivity index (χ4v) is 2.95. The van der Waals surface area contributed by atoms with Gasteiger partial charge in [-0.1, -0.05) is 35.5 Å². The normalized spacial score (nSPS) is 14.3. The highest BCUT2D eigenvalue weighted by Gasteiger charge is 2.13. The zero-order valence-corrected chi connectivity index (χ0v) is 16.1. The van der Waals surface area contributed by atoms with Crippen LogP contribution in [0.1, 0.15) is 28.8 Å². The van der Waals surface area contributed by atoms with Crippen molar-refractivity contribution in [3.8, 4) is 0 Å². The minimum absolute atomic E-state index is 0.0143. The average Bonchev–Trinajstić information content (AvgIpc) is 3.02.